The molecule has 2 saturated heterocycles. The number of hydrogen-bond acceptors (Lipinski definition) is 4. The van der Waals surface area contributed by atoms with Gasteiger partial charge in [-0.2, -0.15) is 0 Å². The molecule has 0 radical (unpaired) electrons. The molecule has 0 aliphatic carbocycles. The number of nitrogens with one attached hydrogen (secondary N) is 1. The molecule has 2 atom stereocenters. The third-order valence-electron chi connectivity index (χ3n) is 5.48. The molecule has 1 N–H and O–H groups in total. The van der Waals surface area contributed by atoms with E-state index in [9.17, 15) is 4.79 Å². The first-order chi connectivity index (χ1) is 13.4. The number of aromatic nitrogens is 1. The number of anilines is 1. The minimum absolute atomic E-state index is 0.0362. The lowest BCUT2D eigenvalue weighted by Gasteiger charge is -2.39. The molecule has 28 heavy (non-hydrogen) atoms. The number of thioether (sulfide) groups is 1. The third-order valence-corrected chi connectivity index (χ3v) is 6.31. The van der Waals surface area contributed by atoms with Crippen molar-refractivity contribution in [2.45, 2.75) is 31.8 Å². The quantitative estimate of drug-likeness (QED) is 0.811. The van der Waals surface area contributed by atoms with Gasteiger partial charge in [0.1, 0.15) is 5.82 Å². The molecule has 1 aromatic carbocycles. The summed E-state index contributed by atoms with van der Waals surface area (Å²) in [6, 6.07) is 8.68. The van der Waals surface area contributed by atoms with Crippen LogP contribution in [0.5, 0.6) is 0 Å². The monoisotopic (exact) mass is 394 g/mol. The van der Waals surface area contributed by atoms with Crippen LogP contribution in [-0.4, -0.2) is 53.0 Å². The zero-order valence-corrected chi connectivity index (χ0v) is 17.3. The van der Waals surface area contributed by atoms with E-state index >= 15 is 0 Å². The van der Waals surface area contributed by atoms with Gasteiger partial charge < -0.3 is 9.80 Å². The normalized spacial score (nSPS) is 21.7. The molecular formula is C22H26N4OS. The molecule has 1 aromatic heterocycles. The molecule has 0 spiro atoms. The van der Waals surface area contributed by atoms with E-state index in [0.717, 1.165) is 52.1 Å². The lowest BCUT2D eigenvalue weighted by molar-refractivity contribution is 0.111. The van der Waals surface area contributed by atoms with Gasteiger partial charge in [-0.3, -0.25) is 5.32 Å². The average Bonchev–Trinajstić information content (AvgIpc) is 2.92. The number of carbonyl (C=O) groups is 1. The van der Waals surface area contributed by atoms with E-state index in [4.69, 9.17) is 0 Å². The highest BCUT2D eigenvalue weighted by Crippen LogP contribution is 2.33. The summed E-state index contributed by atoms with van der Waals surface area (Å²) in [5.41, 5.74) is 1.06. The second-order valence-corrected chi connectivity index (χ2v) is 9.20. The maximum atomic E-state index is 12.9. The van der Waals surface area contributed by atoms with E-state index in [0.29, 0.717) is 17.9 Å². The van der Waals surface area contributed by atoms with Gasteiger partial charge in [-0.05, 0) is 54.8 Å². The molecule has 2 aromatic rings. The van der Waals surface area contributed by atoms with E-state index in [1.54, 1.807) is 11.8 Å². The zero-order chi connectivity index (χ0) is 19.8. The highest BCUT2D eigenvalue weighted by Gasteiger charge is 2.41. The number of piperazine rings is 1. The minimum atomic E-state index is -0.0362. The van der Waals surface area contributed by atoms with Gasteiger partial charge in [0.15, 0.2) is 0 Å². The van der Waals surface area contributed by atoms with Gasteiger partial charge in [0.05, 0.1) is 0 Å². The number of amides is 2. The van der Waals surface area contributed by atoms with E-state index in [1.807, 2.05) is 36.2 Å². The van der Waals surface area contributed by atoms with Crippen molar-refractivity contribution in [3.63, 3.8) is 0 Å². The van der Waals surface area contributed by atoms with Crippen LogP contribution in [0.3, 0.4) is 0 Å². The van der Waals surface area contributed by atoms with Crippen molar-refractivity contribution in [2.24, 2.45) is 0 Å². The number of rotatable bonds is 4. The molecule has 2 amide bonds. The predicted molar refractivity (Wildman–Crippen MR) is 118 cm³/mol. The van der Waals surface area contributed by atoms with Crippen LogP contribution >= 0.6 is 11.8 Å². The van der Waals surface area contributed by atoms with Crippen molar-refractivity contribution in [2.75, 3.05) is 25.5 Å². The molecule has 2 fully saturated rings. The van der Waals surface area contributed by atoms with Crippen LogP contribution in [0.1, 0.15) is 25.3 Å². The highest BCUT2D eigenvalue weighted by atomic mass is 32.2. The predicted octanol–water partition coefficient (Wildman–Crippen LogP) is 4.78. The summed E-state index contributed by atoms with van der Waals surface area (Å²) < 4.78 is 0. The summed E-state index contributed by atoms with van der Waals surface area (Å²) in [4.78, 5) is 23.6. The van der Waals surface area contributed by atoms with Crippen molar-refractivity contribution >= 4 is 39.3 Å². The number of fused-ring (bicyclic) bond motifs is 3. The Balaban J connectivity index is 1.53. The molecule has 146 valence electrons. The lowest BCUT2D eigenvalue weighted by Crippen LogP contribution is -2.55. The van der Waals surface area contributed by atoms with Gasteiger partial charge >= 0.3 is 6.03 Å². The molecule has 5 nitrogen and oxygen atoms in total. The van der Waals surface area contributed by atoms with Crippen LogP contribution in [0.15, 0.2) is 48.5 Å². The van der Waals surface area contributed by atoms with Gasteiger partial charge in [0.25, 0.3) is 0 Å². The van der Waals surface area contributed by atoms with E-state index < -0.39 is 0 Å². The first-order valence-electron chi connectivity index (χ1n) is 9.61. The first kappa shape index (κ1) is 19.0. The number of benzene rings is 1. The molecular weight excluding hydrogens is 368 g/mol. The Labute approximate surface area is 170 Å². The molecule has 6 heteroatoms. The van der Waals surface area contributed by atoms with Crippen molar-refractivity contribution < 1.29 is 4.79 Å². The number of likely N-dealkylation sites (tertiary alicyclic amines) is 1. The lowest BCUT2D eigenvalue weighted by atomic mass is 10.1. The fraction of sp³-hybridized carbons (Fsp3) is 0.364. The Morgan fingerprint density at radius 2 is 1.89 bits per heavy atom. The van der Waals surface area contributed by atoms with E-state index in [2.05, 4.69) is 41.5 Å². The van der Waals surface area contributed by atoms with Crippen LogP contribution in [0.25, 0.3) is 15.7 Å². The van der Waals surface area contributed by atoms with Crippen molar-refractivity contribution in [1.29, 1.82) is 0 Å². The fourth-order valence-corrected chi connectivity index (χ4v) is 4.94. The number of pyridine rings is 1. The largest absolute Gasteiger partial charge is 0.323 e. The first-order valence-corrected chi connectivity index (χ1v) is 10.4. The molecule has 2 unspecified atom stereocenters. The summed E-state index contributed by atoms with van der Waals surface area (Å²) in [6.45, 7) is 11.9. The highest BCUT2D eigenvalue weighted by molar-refractivity contribution is 8.11. The van der Waals surface area contributed by atoms with Gasteiger partial charge in [0, 0.05) is 41.7 Å². The summed E-state index contributed by atoms with van der Waals surface area (Å²) >= 11 is 1.57. The summed E-state index contributed by atoms with van der Waals surface area (Å²) in [5.74, 6) is 0.589. The molecule has 2 aliphatic rings. The van der Waals surface area contributed by atoms with E-state index in [-0.39, 0.29) is 6.03 Å². The summed E-state index contributed by atoms with van der Waals surface area (Å²) in [6.07, 6.45) is 3.97. The van der Waals surface area contributed by atoms with Gasteiger partial charge in [-0.15, -0.1) is 0 Å². The number of likely N-dealkylation sites (N-methyl/N-ethyl adjacent to an activating group) is 1. The van der Waals surface area contributed by atoms with Crippen LogP contribution in [0.2, 0.25) is 0 Å². The maximum Gasteiger partial charge on any atom is 0.323 e. The standard InChI is InChI=1S/C22H26N4OS/c1-14(2)28-15(3)16-5-6-17-11-23-21(10-18(17)9-16)24-22(27)26-19-7-8-20(26)13-25(4)12-19/h5-6,9-11,19-20H,1,3,7-8,12-13H2,2,4H3,(H,23,24,27). The molecule has 4 rings (SSSR count). The fourth-order valence-electron chi connectivity index (χ4n) is 4.27. The summed E-state index contributed by atoms with van der Waals surface area (Å²) in [5, 5.41) is 5.09. The molecule has 2 aliphatic heterocycles. The molecule has 0 saturated carbocycles. The van der Waals surface area contributed by atoms with Crippen molar-refractivity contribution in [1.82, 2.24) is 14.8 Å². The Morgan fingerprint density at radius 1 is 1.18 bits per heavy atom. The maximum absolute atomic E-state index is 12.9. The Morgan fingerprint density at radius 3 is 2.57 bits per heavy atom. The second kappa shape index (κ2) is 7.60. The number of allylic oxidation sites excluding steroid dienone is 1. The van der Waals surface area contributed by atoms with Gasteiger partial charge in [0.2, 0.25) is 0 Å². The van der Waals surface area contributed by atoms with Crippen molar-refractivity contribution in [3.05, 3.63) is 54.1 Å². The van der Waals surface area contributed by atoms with Crippen LogP contribution in [0.4, 0.5) is 10.6 Å². The number of nitrogens with zero attached hydrogens (tertiary/aromatic N) is 3. The number of hydrogen-bond donors (Lipinski definition) is 1. The number of carbonyl (C=O) groups excluding carboxylic acids is 1. The third kappa shape index (κ3) is 3.80. The van der Waals surface area contributed by atoms with Crippen LogP contribution < -0.4 is 5.32 Å². The topological polar surface area (TPSA) is 48.5 Å². The average molecular weight is 395 g/mol. The Hall–Kier alpha value is -2.31. The molecule has 2 bridgehead atoms. The number of urea groups is 1. The smallest absolute Gasteiger partial charge is 0.316 e. The zero-order valence-electron chi connectivity index (χ0n) is 16.4. The SMILES string of the molecule is C=C(C)SC(=C)c1ccc2cnc(NC(=O)N3C4CCC3CN(C)C4)cc2c1. The Bertz CT molecular complexity index is 943. The molecule has 3 heterocycles. The van der Waals surface area contributed by atoms with Gasteiger partial charge in [-0.25, -0.2) is 9.78 Å². The Kier molecular flexibility index (Phi) is 5.17. The van der Waals surface area contributed by atoms with Crippen LogP contribution in [0, 0.1) is 0 Å². The van der Waals surface area contributed by atoms with Crippen LogP contribution in [-0.2, 0) is 0 Å². The van der Waals surface area contributed by atoms with Crippen molar-refractivity contribution in [3.8, 4) is 0 Å². The minimum Gasteiger partial charge on any atom is -0.316 e. The second-order valence-electron chi connectivity index (χ2n) is 7.80. The summed E-state index contributed by atoms with van der Waals surface area (Å²) in [7, 11) is 2.13. The van der Waals surface area contributed by atoms with E-state index in [1.165, 1.54) is 0 Å². The van der Waals surface area contributed by atoms with Gasteiger partial charge in [-0.1, -0.05) is 37.1 Å².